The van der Waals surface area contributed by atoms with Gasteiger partial charge >= 0.3 is 0 Å². The largest absolute Gasteiger partial charge is 0.366 e. The number of imidazole rings is 1. The van der Waals surface area contributed by atoms with Gasteiger partial charge in [-0.1, -0.05) is 12.1 Å². The Morgan fingerprint density at radius 2 is 1.95 bits per heavy atom. The summed E-state index contributed by atoms with van der Waals surface area (Å²) in [4.78, 5) is 25.5. The standard InChI is InChI=1S/C29H27FN8O/c1-18-20(16-31)4-3-5-21(18)19(2)34-26-22-14-25(23(30)15-24(22)38-9-8-33-28(38)35-26)36-10-12-37(13-11-36)27(39)29(17-32)6-7-29/h3-5,8-9,14-15,19H,6-7,10-13H2,1-2H3,(H,33,34,35). The van der Waals surface area contributed by atoms with Crippen LogP contribution in [0, 0.1) is 40.8 Å². The van der Waals surface area contributed by atoms with Crippen LogP contribution in [-0.4, -0.2) is 51.4 Å². The van der Waals surface area contributed by atoms with Crippen LogP contribution in [0.15, 0.2) is 42.7 Å². The summed E-state index contributed by atoms with van der Waals surface area (Å²) in [6.07, 6.45) is 4.62. The van der Waals surface area contributed by atoms with Gasteiger partial charge in [0.05, 0.1) is 34.9 Å². The molecular formula is C29H27FN8O. The summed E-state index contributed by atoms with van der Waals surface area (Å²) in [5, 5.41) is 23.1. The molecule has 0 bridgehead atoms. The first-order valence-corrected chi connectivity index (χ1v) is 13.0. The predicted octanol–water partition coefficient (Wildman–Crippen LogP) is 4.33. The number of carbonyl (C=O) groups is 1. The number of amides is 1. The fourth-order valence-electron chi connectivity index (χ4n) is 5.50. The number of halogens is 1. The second-order valence-corrected chi connectivity index (χ2v) is 10.3. The molecule has 1 saturated carbocycles. The smallest absolute Gasteiger partial charge is 0.243 e. The minimum atomic E-state index is -0.847. The zero-order chi connectivity index (χ0) is 27.3. The third-order valence-electron chi connectivity index (χ3n) is 8.01. The number of nitriles is 2. The molecule has 0 radical (unpaired) electrons. The maximum absolute atomic E-state index is 15.6. The van der Waals surface area contributed by atoms with E-state index in [-0.39, 0.29) is 17.8 Å². The van der Waals surface area contributed by atoms with Gasteiger partial charge in [-0.25, -0.2) is 9.37 Å². The van der Waals surface area contributed by atoms with Crippen LogP contribution < -0.4 is 10.2 Å². The van der Waals surface area contributed by atoms with E-state index < -0.39 is 5.41 Å². The Morgan fingerprint density at radius 1 is 1.18 bits per heavy atom. The van der Waals surface area contributed by atoms with E-state index in [1.54, 1.807) is 33.8 Å². The summed E-state index contributed by atoms with van der Waals surface area (Å²) < 4.78 is 17.3. The molecule has 6 rings (SSSR count). The number of rotatable bonds is 5. The van der Waals surface area contributed by atoms with E-state index in [1.807, 2.05) is 30.9 Å². The maximum Gasteiger partial charge on any atom is 0.243 e. The number of hydrogen-bond acceptors (Lipinski definition) is 7. The van der Waals surface area contributed by atoms with Crippen molar-refractivity contribution in [1.82, 2.24) is 19.3 Å². The minimum absolute atomic E-state index is 0.105. The number of hydrogen-bond donors (Lipinski definition) is 1. The first-order valence-electron chi connectivity index (χ1n) is 13.0. The first kappa shape index (κ1) is 24.6. The lowest BCUT2D eigenvalue weighted by atomic mass is 9.98. The van der Waals surface area contributed by atoms with Crippen LogP contribution in [0.5, 0.6) is 0 Å². The second-order valence-electron chi connectivity index (χ2n) is 10.3. The zero-order valence-corrected chi connectivity index (χ0v) is 21.8. The van der Waals surface area contributed by atoms with Crippen molar-refractivity contribution in [2.75, 3.05) is 36.4 Å². The van der Waals surface area contributed by atoms with Crippen LogP contribution in [0.25, 0.3) is 16.7 Å². The third kappa shape index (κ3) is 4.09. The molecule has 1 aliphatic heterocycles. The summed E-state index contributed by atoms with van der Waals surface area (Å²) >= 11 is 0. The molecule has 1 N–H and O–H groups in total. The van der Waals surface area contributed by atoms with Gasteiger partial charge in [-0.15, -0.1) is 0 Å². The Kier molecular flexibility index (Phi) is 5.84. The summed E-state index contributed by atoms with van der Waals surface area (Å²) in [5.74, 6) is 0.547. The molecule has 1 atom stereocenters. The van der Waals surface area contributed by atoms with Crippen molar-refractivity contribution in [2.24, 2.45) is 5.41 Å². The van der Waals surface area contributed by atoms with Crippen LogP contribution in [0.2, 0.25) is 0 Å². The number of benzene rings is 2. The highest BCUT2D eigenvalue weighted by atomic mass is 19.1. The summed E-state index contributed by atoms with van der Waals surface area (Å²) in [7, 11) is 0. The van der Waals surface area contributed by atoms with Crippen LogP contribution in [0.3, 0.4) is 0 Å². The van der Waals surface area contributed by atoms with E-state index in [4.69, 9.17) is 4.98 Å². The lowest BCUT2D eigenvalue weighted by Crippen LogP contribution is -2.51. The van der Waals surface area contributed by atoms with Gasteiger partial charge in [0.1, 0.15) is 17.1 Å². The second kappa shape index (κ2) is 9.25. The van der Waals surface area contributed by atoms with Crippen molar-refractivity contribution in [2.45, 2.75) is 32.7 Å². The molecule has 2 aromatic heterocycles. The predicted molar refractivity (Wildman–Crippen MR) is 144 cm³/mol. The average molecular weight is 523 g/mol. The molecule has 2 fully saturated rings. The van der Waals surface area contributed by atoms with Crippen molar-refractivity contribution in [3.63, 3.8) is 0 Å². The van der Waals surface area contributed by atoms with E-state index in [2.05, 4.69) is 22.4 Å². The molecule has 196 valence electrons. The van der Waals surface area contributed by atoms with E-state index in [0.29, 0.717) is 67.4 Å². The molecule has 2 aliphatic rings. The topological polar surface area (TPSA) is 113 Å². The number of aromatic nitrogens is 3. The maximum atomic E-state index is 15.6. The van der Waals surface area contributed by atoms with Crippen LogP contribution in [0.1, 0.15) is 42.5 Å². The Morgan fingerprint density at radius 3 is 2.64 bits per heavy atom. The normalized spacial score (nSPS) is 17.1. The van der Waals surface area contributed by atoms with Crippen LogP contribution in [0.4, 0.5) is 15.9 Å². The van der Waals surface area contributed by atoms with Gasteiger partial charge in [0.2, 0.25) is 11.7 Å². The van der Waals surface area contributed by atoms with Gasteiger partial charge in [0.15, 0.2) is 0 Å². The lowest BCUT2D eigenvalue weighted by Gasteiger charge is -2.37. The van der Waals surface area contributed by atoms with E-state index in [1.165, 1.54) is 6.07 Å². The first-order chi connectivity index (χ1) is 18.8. The lowest BCUT2D eigenvalue weighted by molar-refractivity contribution is -0.135. The third-order valence-corrected chi connectivity index (χ3v) is 8.01. The number of carbonyl (C=O) groups excluding carboxylic acids is 1. The van der Waals surface area contributed by atoms with Crippen LogP contribution in [-0.2, 0) is 4.79 Å². The quantitative estimate of drug-likeness (QED) is 0.415. The van der Waals surface area contributed by atoms with E-state index >= 15 is 4.39 Å². The van der Waals surface area contributed by atoms with Crippen LogP contribution >= 0.6 is 0 Å². The molecule has 4 aromatic rings. The van der Waals surface area contributed by atoms with Gasteiger partial charge < -0.3 is 15.1 Å². The minimum Gasteiger partial charge on any atom is -0.366 e. The summed E-state index contributed by atoms with van der Waals surface area (Å²) in [6, 6.07) is 13.2. The number of piperazine rings is 1. The van der Waals surface area contributed by atoms with Crippen molar-refractivity contribution >= 4 is 34.1 Å². The Labute approximate surface area is 225 Å². The summed E-state index contributed by atoms with van der Waals surface area (Å²) in [5.41, 5.74) is 2.72. The highest BCUT2D eigenvalue weighted by Crippen LogP contribution is 2.46. The molecule has 2 aromatic carbocycles. The number of anilines is 2. The van der Waals surface area contributed by atoms with Gasteiger partial charge in [0.25, 0.3) is 0 Å². The fourth-order valence-corrected chi connectivity index (χ4v) is 5.50. The highest BCUT2D eigenvalue weighted by Gasteiger charge is 2.52. The molecule has 0 spiro atoms. The molecule has 9 nitrogen and oxygen atoms in total. The molecule has 1 amide bonds. The van der Waals surface area contributed by atoms with Crippen molar-refractivity contribution < 1.29 is 9.18 Å². The van der Waals surface area contributed by atoms with Gasteiger partial charge in [-0.05, 0) is 49.9 Å². The summed E-state index contributed by atoms with van der Waals surface area (Å²) in [6.45, 7) is 5.74. The van der Waals surface area contributed by atoms with Crippen molar-refractivity contribution in [1.29, 1.82) is 10.5 Å². The molecule has 39 heavy (non-hydrogen) atoms. The molecule has 1 saturated heterocycles. The molecule has 1 aliphatic carbocycles. The Balaban J connectivity index is 1.34. The Bertz CT molecular complexity index is 1700. The van der Waals surface area contributed by atoms with Crippen molar-refractivity contribution in [3.05, 3.63) is 65.2 Å². The monoisotopic (exact) mass is 522 g/mol. The SMILES string of the molecule is Cc1c(C#N)cccc1C(C)Nc1nc2nccn2c2cc(F)c(N3CCN(C(=O)C4(C#N)CC4)CC3)cc12. The number of nitrogens with zero attached hydrogens (tertiary/aromatic N) is 7. The molecule has 3 heterocycles. The van der Waals surface area contributed by atoms with E-state index in [9.17, 15) is 15.3 Å². The fraction of sp³-hybridized carbons (Fsp3) is 0.345. The van der Waals surface area contributed by atoms with Crippen molar-refractivity contribution in [3.8, 4) is 12.1 Å². The number of fused-ring (bicyclic) bond motifs is 3. The van der Waals surface area contributed by atoms with E-state index in [0.717, 1.165) is 16.5 Å². The highest BCUT2D eigenvalue weighted by molar-refractivity contribution is 5.94. The average Bonchev–Trinajstić information content (AvgIpc) is 3.61. The Hall–Kier alpha value is -4.70. The molecular weight excluding hydrogens is 495 g/mol. The van der Waals surface area contributed by atoms with Gasteiger partial charge in [-0.2, -0.15) is 15.5 Å². The molecule has 1 unspecified atom stereocenters. The number of nitrogens with one attached hydrogen (secondary N) is 1. The van der Waals surface area contributed by atoms with Gasteiger partial charge in [0, 0.05) is 50.0 Å². The van der Waals surface area contributed by atoms with Gasteiger partial charge in [-0.3, -0.25) is 9.20 Å². The zero-order valence-electron chi connectivity index (χ0n) is 21.8. The molecule has 10 heteroatoms.